The van der Waals surface area contributed by atoms with E-state index in [-0.39, 0.29) is 24.2 Å². The lowest BCUT2D eigenvalue weighted by atomic mass is 10.1. The van der Waals surface area contributed by atoms with Crippen LogP contribution >= 0.6 is 12.4 Å². The Kier molecular flexibility index (Phi) is 8.59. The average molecular weight is 300 g/mol. The maximum Gasteiger partial charge on any atom is 0.253 e. The van der Waals surface area contributed by atoms with Crippen molar-refractivity contribution in [2.45, 2.75) is 6.92 Å². The Morgan fingerprint density at radius 1 is 1.15 bits per heavy atom. The standard InChI is InChI=1S/C14H21N3O2.ClH/c1-4-15-8-9-16-13(18)11-6-5-7-12(10-11)14(19)17(2)3;/h5-7,10,15H,4,8-9H2,1-3H3,(H,16,18);1H. The number of hydrogen-bond donors (Lipinski definition) is 2. The number of carbonyl (C=O) groups is 2. The molecule has 5 nitrogen and oxygen atoms in total. The van der Waals surface area contributed by atoms with Crippen LogP contribution in [-0.2, 0) is 0 Å². The van der Waals surface area contributed by atoms with Crippen molar-refractivity contribution >= 4 is 24.2 Å². The molecule has 0 radical (unpaired) electrons. The van der Waals surface area contributed by atoms with Gasteiger partial charge in [-0.1, -0.05) is 13.0 Å². The average Bonchev–Trinajstić information content (AvgIpc) is 2.42. The summed E-state index contributed by atoms with van der Waals surface area (Å²) in [5.74, 6) is -0.270. The maximum absolute atomic E-state index is 11.9. The van der Waals surface area contributed by atoms with E-state index in [0.29, 0.717) is 17.7 Å². The van der Waals surface area contributed by atoms with E-state index in [1.54, 1.807) is 38.4 Å². The highest BCUT2D eigenvalue weighted by molar-refractivity contribution is 5.99. The summed E-state index contributed by atoms with van der Waals surface area (Å²) in [7, 11) is 3.37. The van der Waals surface area contributed by atoms with E-state index in [0.717, 1.165) is 13.1 Å². The van der Waals surface area contributed by atoms with E-state index in [1.807, 2.05) is 6.92 Å². The maximum atomic E-state index is 11.9. The molecule has 0 atom stereocenters. The van der Waals surface area contributed by atoms with Crippen LogP contribution in [0.4, 0.5) is 0 Å². The van der Waals surface area contributed by atoms with Crippen molar-refractivity contribution in [3.05, 3.63) is 35.4 Å². The molecule has 0 saturated carbocycles. The van der Waals surface area contributed by atoms with Gasteiger partial charge >= 0.3 is 0 Å². The number of hydrogen-bond acceptors (Lipinski definition) is 3. The SMILES string of the molecule is CCNCCNC(=O)c1cccc(C(=O)N(C)C)c1.Cl. The first-order valence-corrected chi connectivity index (χ1v) is 6.37. The Balaban J connectivity index is 0.00000361. The molecular weight excluding hydrogens is 278 g/mol. The molecule has 0 aliphatic heterocycles. The van der Waals surface area contributed by atoms with Gasteiger partial charge in [0.25, 0.3) is 11.8 Å². The van der Waals surface area contributed by atoms with Crippen LogP contribution in [0.5, 0.6) is 0 Å². The highest BCUT2D eigenvalue weighted by Crippen LogP contribution is 2.07. The second-order valence-corrected chi connectivity index (χ2v) is 4.39. The van der Waals surface area contributed by atoms with Crippen LogP contribution in [0.25, 0.3) is 0 Å². The van der Waals surface area contributed by atoms with Crippen molar-refractivity contribution in [2.24, 2.45) is 0 Å². The Morgan fingerprint density at radius 2 is 1.80 bits per heavy atom. The van der Waals surface area contributed by atoms with Crippen LogP contribution < -0.4 is 10.6 Å². The minimum absolute atomic E-state index is 0. The van der Waals surface area contributed by atoms with Gasteiger partial charge in [-0.2, -0.15) is 0 Å². The fourth-order valence-corrected chi connectivity index (χ4v) is 1.59. The van der Waals surface area contributed by atoms with E-state index in [2.05, 4.69) is 10.6 Å². The first kappa shape index (κ1) is 18.4. The molecule has 0 saturated heterocycles. The zero-order valence-electron chi connectivity index (χ0n) is 12.1. The van der Waals surface area contributed by atoms with Gasteiger partial charge in [0.1, 0.15) is 0 Å². The lowest BCUT2D eigenvalue weighted by molar-refractivity contribution is 0.0827. The third kappa shape index (κ3) is 5.59. The summed E-state index contributed by atoms with van der Waals surface area (Å²) in [6.07, 6.45) is 0. The van der Waals surface area contributed by atoms with Crippen molar-refractivity contribution in [1.82, 2.24) is 15.5 Å². The molecule has 0 bridgehead atoms. The van der Waals surface area contributed by atoms with Gasteiger partial charge < -0.3 is 15.5 Å². The Labute approximate surface area is 126 Å². The quantitative estimate of drug-likeness (QED) is 0.775. The number of benzene rings is 1. The van der Waals surface area contributed by atoms with Gasteiger partial charge in [0, 0.05) is 38.3 Å². The van der Waals surface area contributed by atoms with Crippen molar-refractivity contribution in [2.75, 3.05) is 33.7 Å². The third-order valence-corrected chi connectivity index (χ3v) is 2.62. The summed E-state index contributed by atoms with van der Waals surface area (Å²) in [5, 5.41) is 5.93. The lowest BCUT2D eigenvalue weighted by Crippen LogP contribution is -2.32. The van der Waals surface area contributed by atoms with Gasteiger partial charge in [0.15, 0.2) is 0 Å². The van der Waals surface area contributed by atoms with Crippen LogP contribution in [0, 0.1) is 0 Å². The van der Waals surface area contributed by atoms with E-state index in [4.69, 9.17) is 0 Å². The molecular formula is C14H22ClN3O2. The number of carbonyl (C=O) groups excluding carboxylic acids is 2. The van der Waals surface area contributed by atoms with Gasteiger partial charge in [-0.15, -0.1) is 12.4 Å². The molecule has 1 aromatic rings. The summed E-state index contributed by atoms with van der Waals surface area (Å²) >= 11 is 0. The van der Waals surface area contributed by atoms with Gasteiger partial charge in [0.2, 0.25) is 0 Å². The molecule has 0 unspecified atom stereocenters. The number of nitrogens with zero attached hydrogens (tertiary/aromatic N) is 1. The van der Waals surface area contributed by atoms with Gasteiger partial charge in [-0.25, -0.2) is 0 Å². The molecule has 0 aromatic heterocycles. The van der Waals surface area contributed by atoms with Crippen molar-refractivity contribution in [1.29, 1.82) is 0 Å². The predicted octanol–water partition coefficient (Wildman–Crippen LogP) is 1.15. The van der Waals surface area contributed by atoms with Crippen molar-refractivity contribution in [3.8, 4) is 0 Å². The van der Waals surface area contributed by atoms with Crippen LogP contribution in [0.15, 0.2) is 24.3 Å². The summed E-state index contributed by atoms with van der Waals surface area (Å²) < 4.78 is 0. The zero-order chi connectivity index (χ0) is 14.3. The lowest BCUT2D eigenvalue weighted by Gasteiger charge is -2.11. The monoisotopic (exact) mass is 299 g/mol. The highest BCUT2D eigenvalue weighted by atomic mass is 35.5. The summed E-state index contributed by atoms with van der Waals surface area (Å²) in [6, 6.07) is 6.74. The van der Waals surface area contributed by atoms with Crippen LogP contribution in [0.3, 0.4) is 0 Å². The number of nitrogens with one attached hydrogen (secondary N) is 2. The Morgan fingerprint density at radius 3 is 2.40 bits per heavy atom. The molecule has 0 aliphatic rings. The van der Waals surface area contributed by atoms with Crippen LogP contribution in [0.1, 0.15) is 27.6 Å². The summed E-state index contributed by atoms with van der Waals surface area (Å²) in [5.41, 5.74) is 1.02. The normalized spacial score (nSPS) is 9.55. The molecule has 20 heavy (non-hydrogen) atoms. The predicted molar refractivity (Wildman–Crippen MR) is 82.6 cm³/mol. The van der Waals surface area contributed by atoms with Gasteiger partial charge in [-0.05, 0) is 24.7 Å². The molecule has 2 N–H and O–H groups in total. The Hall–Kier alpha value is -1.59. The third-order valence-electron chi connectivity index (χ3n) is 2.62. The smallest absolute Gasteiger partial charge is 0.253 e. The van der Waals surface area contributed by atoms with Crippen molar-refractivity contribution < 1.29 is 9.59 Å². The zero-order valence-corrected chi connectivity index (χ0v) is 12.9. The minimum Gasteiger partial charge on any atom is -0.351 e. The summed E-state index contributed by atoms with van der Waals surface area (Å²) in [4.78, 5) is 25.2. The molecule has 0 fully saturated rings. The molecule has 2 amide bonds. The fourth-order valence-electron chi connectivity index (χ4n) is 1.59. The molecule has 0 spiro atoms. The molecule has 1 rings (SSSR count). The number of rotatable bonds is 6. The second kappa shape index (κ2) is 9.34. The van der Waals surface area contributed by atoms with E-state index in [1.165, 1.54) is 4.90 Å². The molecule has 6 heteroatoms. The fraction of sp³-hybridized carbons (Fsp3) is 0.429. The summed E-state index contributed by atoms with van der Waals surface area (Å²) in [6.45, 7) is 4.19. The number of halogens is 1. The van der Waals surface area contributed by atoms with Gasteiger partial charge in [0.05, 0.1) is 0 Å². The van der Waals surface area contributed by atoms with E-state index < -0.39 is 0 Å². The van der Waals surface area contributed by atoms with E-state index in [9.17, 15) is 9.59 Å². The molecule has 0 heterocycles. The van der Waals surface area contributed by atoms with Gasteiger partial charge in [-0.3, -0.25) is 9.59 Å². The first-order valence-electron chi connectivity index (χ1n) is 6.37. The molecule has 0 aliphatic carbocycles. The topological polar surface area (TPSA) is 61.4 Å². The number of likely N-dealkylation sites (N-methyl/N-ethyl adjacent to an activating group) is 1. The van der Waals surface area contributed by atoms with Crippen LogP contribution in [0.2, 0.25) is 0 Å². The van der Waals surface area contributed by atoms with Crippen LogP contribution in [-0.4, -0.2) is 50.4 Å². The molecule has 112 valence electrons. The van der Waals surface area contributed by atoms with E-state index >= 15 is 0 Å². The molecule has 1 aromatic carbocycles. The first-order chi connectivity index (χ1) is 9.06. The van der Waals surface area contributed by atoms with Crippen molar-refractivity contribution in [3.63, 3.8) is 0 Å². The second-order valence-electron chi connectivity index (χ2n) is 4.39. The largest absolute Gasteiger partial charge is 0.351 e. The highest BCUT2D eigenvalue weighted by Gasteiger charge is 2.11. The Bertz CT molecular complexity index is 450. The number of amides is 2. The minimum atomic E-state index is -0.161.